The number of thiocarbonyl (C=S) groups is 1. The van der Waals surface area contributed by atoms with E-state index < -0.39 is 0 Å². The fourth-order valence-electron chi connectivity index (χ4n) is 2.00. The van der Waals surface area contributed by atoms with E-state index in [1.54, 1.807) is 6.21 Å². The minimum Gasteiger partial charge on any atom is -0.490 e. The molecular formula is C13H17N3OS. The summed E-state index contributed by atoms with van der Waals surface area (Å²) in [4.78, 5) is 0. The molecule has 1 aromatic rings. The Morgan fingerprint density at radius 3 is 2.61 bits per heavy atom. The van der Waals surface area contributed by atoms with E-state index in [0.717, 1.165) is 11.3 Å². The van der Waals surface area contributed by atoms with Gasteiger partial charge in [-0.05, 0) is 67.7 Å². The fourth-order valence-corrected chi connectivity index (χ4v) is 2.05. The maximum atomic E-state index is 5.87. The van der Waals surface area contributed by atoms with Gasteiger partial charge in [0.15, 0.2) is 5.11 Å². The van der Waals surface area contributed by atoms with E-state index >= 15 is 0 Å². The van der Waals surface area contributed by atoms with Gasteiger partial charge in [0.25, 0.3) is 0 Å². The largest absolute Gasteiger partial charge is 0.490 e. The van der Waals surface area contributed by atoms with Crippen molar-refractivity contribution in [3.63, 3.8) is 0 Å². The first kappa shape index (κ1) is 12.8. The molecule has 1 saturated carbocycles. The van der Waals surface area contributed by atoms with E-state index in [1.807, 2.05) is 24.3 Å². The third kappa shape index (κ3) is 4.00. The summed E-state index contributed by atoms with van der Waals surface area (Å²) in [5, 5.41) is 4.05. The molecule has 0 radical (unpaired) electrons. The molecule has 0 unspecified atom stereocenters. The topological polar surface area (TPSA) is 59.6 Å². The molecule has 5 heteroatoms. The van der Waals surface area contributed by atoms with Crippen molar-refractivity contribution in [2.24, 2.45) is 10.8 Å². The number of hydrogen-bond donors (Lipinski definition) is 2. The summed E-state index contributed by atoms with van der Waals surface area (Å²) in [6.07, 6.45) is 6.95. The average Bonchev–Trinajstić information content (AvgIpc) is 2.84. The molecular weight excluding hydrogens is 246 g/mol. The minimum absolute atomic E-state index is 0.160. The van der Waals surface area contributed by atoms with Gasteiger partial charge >= 0.3 is 0 Å². The summed E-state index contributed by atoms with van der Waals surface area (Å²) in [7, 11) is 0. The molecule has 0 amide bonds. The van der Waals surface area contributed by atoms with Crippen LogP contribution in [0.2, 0.25) is 0 Å². The van der Waals surface area contributed by atoms with E-state index in [-0.39, 0.29) is 5.11 Å². The average molecular weight is 263 g/mol. The molecule has 1 aliphatic carbocycles. The van der Waals surface area contributed by atoms with Crippen LogP contribution in [0.15, 0.2) is 29.4 Å². The summed E-state index contributed by atoms with van der Waals surface area (Å²) in [5.74, 6) is 0.918. The molecule has 0 aliphatic heterocycles. The molecule has 0 atom stereocenters. The standard InChI is InChI=1S/C13H17N3OS/c14-13(18)16-15-9-10-5-7-12(8-6-10)17-11-3-1-2-4-11/h5-9,11H,1-4H2,(H3,14,16,18). The van der Waals surface area contributed by atoms with Gasteiger partial charge in [-0.3, -0.25) is 5.43 Å². The lowest BCUT2D eigenvalue weighted by molar-refractivity contribution is 0.210. The zero-order valence-electron chi connectivity index (χ0n) is 10.1. The van der Waals surface area contributed by atoms with E-state index in [1.165, 1.54) is 25.7 Å². The van der Waals surface area contributed by atoms with Crippen LogP contribution in [0, 0.1) is 0 Å². The molecule has 0 heterocycles. The van der Waals surface area contributed by atoms with Crippen molar-refractivity contribution < 1.29 is 4.74 Å². The minimum atomic E-state index is 0.160. The van der Waals surface area contributed by atoms with Crippen molar-refractivity contribution in [1.82, 2.24) is 5.43 Å². The van der Waals surface area contributed by atoms with Gasteiger partial charge in [0.1, 0.15) is 5.75 Å². The second-order valence-electron chi connectivity index (χ2n) is 4.33. The molecule has 3 N–H and O–H groups in total. The van der Waals surface area contributed by atoms with Gasteiger partial charge < -0.3 is 10.5 Å². The van der Waals surface area contributed by atoms with Gasteiger partial charge in [-0.1, -0.05) is 0 Å². The third-order valence-electron chi connectivity index (χ3n) is 2.87. The van der Waals surface area contributed by atoms with Crippen molar-refractivity contribution >= 4 is 23.5 Å². The highest BCUT2D eigenvalue weighted by Crippen LogP contribution is 2.23. The zero-order valence-corrected chi connectivity index (χ0v) is 11.0. The quantitative estimate of drug-likeness (QED) is 0.496. The maximum Gasteiger partial charge on any atom is 0.184 e. The van der Waals surface area contributed by atoms with Crippen LogP contribution >= 0.6 is 12.2 Å². The first-order valence-electron chi connectivity index (χ1n) is 6.09. The summed E-state index contributed by atoms with van der Waals surface area (Å²) in [5.41, 5.74) is 8.74. The monoisotopic (exact) mass is 263 g/mol. The number of benzene rings is 1. The Balaban J connectivity index is 1.88. The summed E-state index contributed by atoms with van der Waals surface area (Å²) < 4.78 is 5.87. The number of nitrogens with one attached hydrogen (secondary N) is 1. The normalized spacial score (nSPS) is 16.0. The molecule has 2 rings (SSSR count). The van der Waals surface area contributed by atoms with Crippen LogP contribution in [0.4, 0.5) is 0 Å². The van der Waals surface area contributed by atoms with Gasteiger partial charge in [0, 0.05) is 0 Å². The summed E-state index contributed by atoms with van der Waals surface area (Å²) in [6, 6.07) is 7.82. The van der Waals surface area contributed by atoms with Gasteiger partial charge in [-0.25, -0.2) is 0 Å². The number of hydrazone groups is 1. The smallest absolute Gasteiger partial charge is 0.184 e. The van der Waals surface area contributed by atoms with Crippen molar-refractivity contribution in [2.75, 3.05) is 0 Å². The molecule has 0 saturated heterocycles. The Morgan fingerprint density at radius 2 is 2.00 bits per heavy atom. The van der Waals surface area contributed by atoms with E-state index in [0.29, 0.717) is 6.10 Å². The van der Waals surface area contributed by atoms with Gasteiger partial charge in [-0.15, -0.1) is 0 Å². The van der Waals surface area contributed by atoms with Gasteiger partial charge in [0.2, 0.25) is 0 Å². The second kappa shape index (κ2) is 6.35. The summed E-state index contributed by atoms with van der Waals surface area (Å²) in [6.45, 7) is 0. The Hall–Kier alpha value is -1.62. The Bertz CT molecular complexity index is 424. The SMILES string of the molecule is NC(=S)NN=Cc1ccc(OC2CCCC2)cc1. The number of nitrogens with zero attached hydrogens (tertiary/aromatic N) is 1. The Labute approximate surface area is 112 Å². The van der Waals surface area contributed by atoms with Crippen LogP contribution < -0.4 is 15.9 Å². The lowest BCUT2D eigenvalue weighted by Crippen LogP contribution is -2.23. The first-order chi connectivity index (χ1) is 8.74. The van der Waals surface area contributed by atoms with Gasteiger partial charge in [-0.2, -0.15) is 5.10 Å². The molecule has 4 nitrogen and oxygen atoms in total. The molecule has 1 aromatic carbocycles. The molecule has 0 bridgehead atoms. The first-order valence-corrected chi connectivity index (χ1v) is 6.50. The van der Waals surface area contributed by atoms with Crippen molar-refractivity contribution in [3.8, 4) is 5.75 Å². The second-order valence-corrected chi connectivity index (χ2v) is 4.77. The number of ether oxygens (including phenoxy) is 1. The number of hydrogen-bond acceptors (Lipinski definition) is 3. The van der Waals surface area contributed by atoms with Crippen molar-refractivity contribution in [1.29, 1.82) is 0 Å². The Morgan fingerprint density at radius 1 is 1.33 bits per heavy atom. The lowest BCUT2D eigenvalue weighted by Gasteiger charge is -2.12. The van der Waals surface area contributed by atoms with Crippen LogP contribution in [0.1, 0.15) is 31.2 Å². The molecule has 96 valence electrons. The van der Waals surface area contributed by atoms with Gasteiger partial charge in [0.05, 0.1) is 12.3 Å². The molecule has 0 spiro atoms. The highest BCUT2D eigenvalue weighted by Gasteiger charge is 2.15. The van der Waals surface area contributed by atoms with Crippen LogP contribution in [-0.4, -0.2) is 17.4 Å². The molecule has 18 heavy (non-hydrogen) atoms. The number of nitrogens with two attached hydrogens (primary N) is 1. The highest BCUT2D eigenvalue weighted by atomic mass is 32.1. The van der Waals surface area contributed by atoms with Crippen molar-refractivity contribution in [2.45, 2.75) is 31.8 Å². The highest BCUT2D eigenvalue weighted by molar-refractivity contribution is 7.80. The predicted octanol–water partition coefficient (Wildman–Crippen LogP) is 2.18. The molecule has 0 aromatic heterocycles. The van der Waals surface area contributed by atoms with E-state index in [2.05, 4.69) is 22.7 Å². The maximum absolute atomic E-state index is 5.87. The predicted molar refractivity (Wildman–Crippen MR) is 76.8 cm³/mol. The molecule has 1 fully saturated rings. The fraction of sp³-hybridized carbons (Fsp3) is 0.385. The zero-order chi connectivity index (χ0) is 12.8. The third-order valence-corrected chi connectivity index (χ3v) is 2.96. The van der Waals surface area contributed by atoms with E-state index in [4.69, 9.17) is 10.5 Å². The van der Waals surface area contributed by atoms with Crippen LogP contribution in [-0.2, 0) is 0 Å². The number of rotatable bonds is 4. The van der Waals surface area contributed by atoms with Crippen molar-refractivity contribution in [3.05, 3.63) is 29.8 Å². The molecule has 1 aliphatic rings. The van der Waals surface area contributed by atoms with Crippen LogP contribution in [0.3, 0.4) is 0 Å². The Kier molecular flexibility index (Phi) is 4.52. The lowest BCUT2D eigenvalue weighted by atomic mass is 10.2. The van der Waals surface area contributed by atoms with Crippen LogP contribution in [0.5, 0.6) is 5.75 Å². The van der Waals surface area contributed by atoms with E-state index in [9.17, 15) is 0 Å². The van der Waals surface area contributed by atoms with Crippen LogP contribution in [0.25, 0.3) is 0 Å². The summed E-state index contributed by atoms with van der Waals surface area (Å²) >= 11 is 4.64.